The van der Waals surface area contributed by atoms with E-state index in [0.29, 0.717) is 12.3 Å². The van der Waals surface area contributed by atoms with Gasteiger partial charge in [-0.3, -0.25) is 4.79 Å². The molecule has 0 aliphatic carbocycles. The number of aryl methyl sites for hydroxylation is 1. The van der Waals surface area contributed by atoms with Gasteiger partial charge < -0.3 is 19.5 Å². The Balaban J connectivity index is 1.49. The molecule has 28 heavy (non-hydrogen) atoms. The fraction of sp³-hybridized carbons (Fsp3) is 0.500. The molecule has 0 atom stereocenters. The predicted molar refractivity (Wildman–Crippen MR) is 101 cm³/mol. The molecule has 10 heteroatoms. The van der Waals surface area contributed by atoms with Crippen LogP contribution in [0.25, 0.3) is 0 Å². The van der Waals surface area contributed by atoms with Crippen LogP contribution in [0.2, 0.25) is 0 Å². The van der Waals surface area contributed by atoms with E-state index in [4.69, 9.17) is 9.26 Å². The van der Waals surface area contributed by atoms with E-state index < -0.39 is 15.7 Å². The van der Waals surface area contributed by atoms with E-state index in [-0.39, 0.29) is 28.8 Å². The highest BCUT2D eigenvalue weighted by Gasteiger charge is 2.19. The summed E-state index contributed by atoms with van der Waals surface area (Å²) < 4.78 is 34.8. The number of hydrogen-bond acceptors (Lipinski definition) is 8. The maximum atomic E-state index is 12.4. The Bertz CT molecular complexity index is 889. The van der Waals surface area contributed by atoms with Gasteiger partial charge in [-0.05, 0) is 50.2 Å². The van der Waals surface area contributed by atoms with Gasteiger partial charge in [-0.25, -0.2) is 8.42 Å². The molecule has 152 valence electrons. The van der Waals surface area contributed by atoms with Crippen LogP contribution >= 0.6 is 0 Å². The van der Waals surface area contributed by atoms with Crippen LogP contribution in [0.15, 0.2) is 33.7 Å². The van der Waals surface area contributed by atoms with Gasteiger partial charge in [0.2, 0.25) is 0 Å². The van der Waals surface area contributed by atoms with E-state index in [1.807, 2.05) is 0 Å². The van der Waals surface area contributed by atoms with Gasteiger partial charge in [0.05, 0.1) is 17.8 Å². The number of nitrogens with zero attached hydrogens (tertiary/aromatic N) is 3. The number of amides is 1. The smallest absolute Gasteiger partial charge is 0.315 e. The summed E-state index contributed by atoms with van der Waals surface area (Å²) in [5.74, 6) is -0.0250. The Morgan fingerprint density at radius 3 is 2.64 bits per heavy atom. The highest BCUT2D eigenvalue weighted by molar-refractivity contribution is 7.91. The van der Waals surface area contributed by atoms with E-state index in [1.54, 1.807) is 12.1 Å². The molecule has 2 aromatic rings. The highest BCUT2D eigenvalue weighted by Crippen LogP contribution is 2.17. The normalized spacial score (nSPS) is 14.9. The zero-order valence-electron chi connectivity index (χ0n) is 15.8. The first kappa shape index (κ1) is 20.3. The SMILES string of the molecule is COc1ccc(S(=O)(=O)CCc2noc(C(=O)NCCN3CCCC3)n2)cc1. The van der Waals surface area contributed by atoms with Crippen LogP contribution in [0.4, 0.5) is 0 Å². The Kier molecular flexibility index (Phi) is 6.63. The molecule has 1 N–H and O–H groups in total. The molecule has 0 unspecified atom stereocenters. The van der Waals surface area contributed by atoms with Gasteiger partial charge in [-0.2, -0.15) is 4.98 Å². The molecule has 3 rings (SSSR count). The number of carbonyl (C=O) groups excluding carboxylic acids is 1. The molecule has 9 nitrogen and oxygen atoms in total. The first-order chi connectivity index (χ1) is 13.5. The van der Waals surface area contributed by atoms with Crippen LogP contribution in [0.3, 0.4) is 0 Å². The van der Waals surface area contributed by atoms with Crippen LogP contribution in [-0.4, -0.2) is 68.4 Å². The number of nitrogens with one attached hydrogen (secondary N) is 1. The zero-order chi connectivity index (χ0) is 20.0. The minimum Gasteiger partial charge on any atom is -0.497 e. The lowest BCUT2D eigenvalue weighted by Gasteiger charge is -2.13. The van der Waals surface area contributed by atoms with E-state index in [0.717, 1.165) is 19.6 Å². The zero-order valence-corrected chi connectivity index (χ0v) is 16.6. The molecule has 1 aromatic carbocycles. The van der Waals surface area contributed by atoms with Gasteiger partial charge >= 0.3 is 11.8 Å². The Morgan fingerprint density at radius 1 is 1.25 bits per heavy atom. The molecule has 1 aliphatic rings. The molecule has 0 saturated carbocycles. The number of aromatic nitrogens is 2. The maximum absolute atomic E-state index is 12.4. The summed E-state index contributed by atoms with van der Waals surface area (Å²) in [5, 5.41) is 6.45. The molecule has 1 aromatic heterocycles. The van der Waals surface area contributed by atoms with Crippen molar-refractivity contribution in [2.24, 2.45) is 0 Å². The van der Waals surface area contributed by atoms with Crippen molar-refractivity contribution in [1.82, 2.24) is 20.4 Å². The molecular weight excluding hydrogens is 384 g/mol. The highest BCUT2D eigenvalue weighted by atomic mass is 32.2. The maximum Gasteiger partial charge on any atom is 0.315 e. The lowest BCUT2D eigenvalue weighted by atomic mass is 10.3. The van der Waals surface area contributed by atoms with Crippen molar-refractivity contribution in [3.63, 3.8) is 0 Å². The van der Waals surface area contributed by atoms with Gasteiger partial charge in [-0.15, -0.1) is 0 Å². The summed E-state index contributed by atoms with van der Waals surface area (Å²) in [6, 6.07) is 6.16. The van der Waals surface area contributed by atoms with Gasteiger partial charge in [-0.1, -0.05) is 5.16 Å². The Labute approximate surface area is 164 Å². The summed E-state index contributed by atoms with van der Waals surface area (Å²) in [5.41, 5.74) is 0. The van der Waals surface area contributed by atoms with Crippen LogP contribution in [-0.2, 0) is 16.3 Å². The number of hydrogen-bond donors (Lipinski definition) is 1. The van der Waals surface area contributed by atoms with Crippen molar-refractivity contribution in [2.45, 2.75) is 24.2 Å². The van der Waals surface area contributed by atoms with Crippen molar-refractivity contribution in [1.29, 1.82) is 0 Å². The first-order valence-corrected chi connectivity index (χ1v) is 10.8. The number of carbonyl (C=O) groups is 1. The van der Waals surface area contributed by atoms with Crippen molar-refractivity contribution in [2.75, 3.05) is 39.0 Å². The van der Waals surface area contributed by atoms with Crippen molar-refractivity contribution in [3.8, 4) is 5.75 Å². The van der Waals surface area contributed by atoms with Crippen molar-refractivity contribution >= 4 is 15.7 Å². The largest absolute Gasteiger partial charge is 0.497 e. The molecule has 1 amide bonds. The average molecular weight is 408 g/mol. The average Bonchev–Trinajstić information content (AvgIpc) is 3.38. The summed E-state index contributed by atoms with van der Waals surface area (Å²) in [6.07, 6.45) is 2.44. The number of ether oxygens (including phenoxy) is 1. The topological polar surface area (TPSA) is 115 Å². The molecule has 1 aliphatic heterocycles. The lowest BCUT2D eigenvalue weighted by molar-refractivity contribution is 0.0906. The van der Waals surface area contributed by atoms with Gasteiger partial charge in [0, 0.05) is 19.5 Å². The third-order valence-corrected chi connectivity index (χ3v) is 6.32. The second kappa shape index (κ2) is 9.16. The van der Waals surface area contributed by atoms with E-state index >= 15 is 0 Å². The number of methoxy groups -OCH3 is 1. The summed E-state index contributed by atoms with van der Waals surface area (Å²) in [4.78, 5) is 18.5. The van der Waals surface area contributed by atoms with Crippen molar-refractivity contribution < 1.29 is 22.5 Å². The van der Waals surface area contributed by atoms with Crippen LogP contribution < -0.4 is 10.1 Å². The molecule has 1 fully saturated rings. The monoisotopic (exact) mass is 408 g/mol. The minimum absolute atomic E-state index is 0.0545. The number of rotatable bonds is 9. The third-order valence-electron chi connectivity index (χ3n) is 4.59. The number of sulfone groups is 1. The second-order valence-electron chi connectivity index (χ2n) is 6.56. The first-order valence-electron chi connectivity index (χ1n) is 9.18. The molecule has 1 saturated heterocycles. The number of likely N-dealkylation sites (tertiary alicyclic amines) is 1. The predicted octanol–water partition coefficient (Wildman–Crippen LogP) is 0.920. The molecule has 0 spiro atoms. The van der Waals surface area contributed by atoms with Gasteiger partial charge in [0.15, 0.2) is 15.7 Å². The quantitative estimate of drug-likeness (QED) is 0.651. The van der Waals surface area contributed by atoms with Crippen LogP contribution in [0.1, 0.15) is 29.4 Å². The molecule has 0 bridgehead atoms. The van der Waals surface area contributed by atoms with Gasteiger partial charge in [0.1, 0.15) is 5.75 Å². The Morgan fingerprint density at radius 2 is 1.96 bits per heavy atom. The summed E-state index contributed by atoms with van der Waals surface area (Å²) >= 11 is 0. The molecular formula is C18H24N4O5S. The second-order valence-corrected chi connectivity index (χ2v) is 8.67. The lowest BCUT2D eigenvalue weighted by Crippen LogP contribution is -2.33. The van der Waals surface area contributed by atoms with Crippen molar-refractivity contribution in [3.05, 3.63) is 36.0 Å². The fourth-order valence-electron chi connectivity index (χ4n) is 2.98. The Hall–Kier alpha value is -2.46. The third kappa shape index (κ3) is 5.29. The summed E-state index contributed by atoms with van der Waals surface area (Å²) in [7, 11) is -1.99. The molecule has 0 radical (unpaired) electrons. The fourth-order valence-corrected chi connectivity index (χ4v) is 4.22. The minimum atomic E-state index is -3.50. The van der Waals surface area contributed by atoms with Crippen LogP contribution in [0.5, 0.6) is 5.75 Å². The van der Waals surface area contributed by atoms with Gasteiger partial charge in [0.25, 0.3) is 0 Å². The number of benzene rings is 1. The van der Waals surface area contributed by atoms with Crippen LogP contribution in [0, 0.1) is 0 Å². The van der Waals surface area contributed by atoms with E-state index in [9.17, 15) is 13.2 Å². The van der Waals surface area contributed by atoms with E-state index in [1.165, 1.54) is 32.1 Å². The standard InChI is InChI=1S/C18H24N4O5S/c1-26-14-4-6-15(7-5-14)28(24,25)13-8-16-20-18(27-21-16)17(23)19-9-12-22-10-2-3-11-22/h4-7H,2-3,8-13H2,1H3,(H,19,23). The van der Waals surface area contributed by atoms with E-state index in [2.05, 4.69) is 20.4 Å². The molecule has 2 heterocycles. The summed E-state index contributed by atoms with van der Waals surface area (Å²) in [6.45, 7) is 3.40.